The van der Waals surface area contributed by atoms with Crippen molar-refractivity contribution in [2.75, 3.05) is 0 Å². The van der Waals surface area contributed by atoms with E-state index in [1.807, 2.05) is 18.2 Å². The fraction of sp³-hybridized carbons (Fsp3) is 0.190. The Morgan fingerprint density at radius 2 is 2.12 bits per heavy atom. The van der Waals surface area contributed by atoms with Gasteiger partial charge in [0.15, 0.2) is 0 Å². The Morgan fingerprint density at radius 1 is 1.31 bits per heavy atom. The maximum absolute atomic E-state index is 14.6. The van der Waals surface area contributed by atoms with Crippen LogP contribution in [0.15, 0.2) is 58.4 Å². The number of nitrogens with two attached hydrogens (primary N) is 1. The number of thiol groups is 1. The summed E-state index contributed by atoms with van der Waals surface area (Å²) in [6.45, 7) is 2.12. The van der Waals surface area contributed by atoms with Crippen molar-refractivity contribution in [3.8, 4) is 0 Å². The standard InChI is InChI=1S/C21H20ClFN2S/c1-2-13-4-3-5-16(14-6-9-19(25-12-24)20(26)10-14)21(13)17-11-15(22)7-8-18(17)23/h3,5-13,26H,2,4H2,1H3,(H2,24,25). The summed E-state index contributed by atoms with van der Waals surface area (Å²) in [5, 5.41) is 0.528. The Kier molecular flexibility index (Phi) is 5.84. The molecule has 1 unspecified atom stereocenters. The smallest absolute Gasteiger partial charge is 0.130 e. The predicted octanol–water partition coefficient (Wildman–Crippen LogP) is 6.28. The van der Waals surface area contributed by atoms with Crippen LogP contribution in [-0.2, 0) is 0 Å². The zero-order valence-electron chi connectivity index (χ0n) is 14.4. The molecule has 0 amide bonds. The number of rotatable bonds is 4. The van der Waals surface area contributed by atoms with Gasteiger partial charge in [-0.25, -0.2) is 9.38 Å². The molecule has 0 aliphatic heterocycles. The van der Waals surface area contributed by atoms with Crippen molar-refractivity contribution >= 4 is 47.4 Å². The van der Waals surface area contributed by atoms with E-state index in [9.17, 15) is 4.39 Å². The molecular formula is C21H20ClFN2S. The Morgan fingerprint density at radius 3 is 2.81 bits per heavy atom. The Balaban J connectivity index is 2.23. The van der Waals surface area contributed by atoms with Crippen molar-refractivity contribution < 1.29 is 4.39 Å². The zero-order chi connectivity index (χ0) is 18.7. The fourth-order valence-electron chi connectivity index (χ4n) is 3.35. The van der Waals surface area contributed by atoms with E-state index in [0.717, 1.165) is 34.4 Å². The third-order valence-corrected chi connectivity index (χ3v) is 5.21. The molecule has 26 heavy (non-hydrogen) atoms. The third-order valence-electron chi connectivity index (χ3n) is 4.61. The molecule has 1 aliphatic carbocycles. The number of halogens is 2. The quantitative estimate of drug-likeness (QED) is 0.362. The topological polar surface area (TPSA) is 38.4 Å². The summed E-state index contributed by atoms with van der Waals surface area (Å²) in [6.07, 6.45) is 7.23. The van der Waals surface area contributed by atoms with Crippen molar-refractivity contribution in [1.82, 2.24) is 0 Å². The lowest BCUT2D eigenvalue weighted by Gasteiger charge is -2.26. The highest BCUT2D eigenvalue weighted by Crippen LogP contribution is 2.42. The van der Waals surface area contributed by atoms with Gasteiger partial charge >= 0.3 is 0 Å². The predicted molar refractivity (Wildman–Crippen MR) is 112 cm³/mol. The van der Waals surface area contributed by atoms with Gasteiger partial charge in [0.2, 0.25) is 0 Å². The molecule has 2 N–H and O–H groups in total. The average Bonchev–Trinajstić information content (AvgIpc) is 2.65. The van der Waals surface area contributed by atoms with Gasteiger partial charge in [0.1, 0.15) is 5.82 Å². The van der Waals surface area contributed by atoms with Crippen molar-refractivity contribution in [1.29, 1.82) is 0 Å². The normalized spacial score (nSPS) is 17.3. The van der Waals surface area contributed by atoms with E-state index in [0.29, 0.717) is 16.3 Å². The summed E-state index contributed by atoms with van der Waals surface area (Å²) < 4.78 is 14.6. The number of hydrogen-bond donors (Lipinski definition) is 2. The molecule has 1 atom stereocenters. The number of hydrogen-bond acceptors (Lipinski definition) is 2. The van der Waals surface area contributed by atoms with Crippen LogP contribution in [-0.4, -0.2) is 6.34 Å². The highest BCUT2D eigenvalue weighted by atomic mass is 35.5. The molecular weight excluding hydrogens is 367 g/mol. The first kappa shape index (κ1) is 18.7. The van der Waals surface area contributed by atoms with Crippen LogP contribution in [0, 0.1) is 11.7 Å². The molecule has 2 aromatic carbocycles. The van der Waals surface area contributed by atoms with Crippen LogP contribution in [0.3, 0.4) is 0 Å². The van der Waals surface area contributed by atoms with E-state index in [2.05, 4.69) is 36.7 Å². The number of allylic oxidation sites excluding steroid dienone is 4. The van der Waals surface area contributed by atoms with E-state index in [1.54, 1.807) is 12.1 Å². The van der Waals surface area contributed by atoms with Gasteiger partial charge in [0.05, 0.1) is 12.0 Å². The number of nitrogens with zero attached hydrogens (tertiary/aromatic N) is 1. The maximum Gasteiger partial charge on any atom is 0.130 e. The van der Waals surface area contributed by atoms with Gasteiger partial charge in [0, 0.05) is 15.5 Å². The lowest BCUT2D eigenvalue weighted by atomic mass is 9.79. The van der Waals surface area contributed by atoms with E-state index < -0.39 is 0 Å². The highest BCUT2D eigenvalue weighted by Gasteiger charge is 2.24. The molecule has 2 nitrogen and oxygen atoms in total. The first-order valence-electron chi connectivity index (χ1n) is 8.49. The fourth-order valence-corrected chi connectivity index (χ4v) is 3.79. The monoisotopic (exact) mass is 386 g/mol. The van der Waals surface area contributed by atoms with Gasteiger partial charge < -0.3 is 5.73 Å². The van der Waals surface area contributed by atoms with Crippen LogP contribution >= 0.6 is 24.2 Å². The largest absolute Gasteiger partial charge is 0.390 e. The van der Waals surface area contributed by atoms with Crippen molar-refractivity contribution in [3.05, 3.63) is 70.5 Å². The van der Waals surface area contributed by atoms with E-state index in [4.69, 9.17) is 17.3 Å². The molecule has 134 valence electrons. The highest BCUT2D eigenvalue weighted by molar-refractivity contribution is 7.80. The molecule has 1 aliphatic rings. The maximum atomic E-state index is 14.6. The first-order valence-corrected chi connectivity index (χ1v) is 9.31. The van der Waals surface area contributed by atoms with Crippen molar-refractivity contribution in [2.24, 2.45) is 16.6 Å². The molecule has 0 saturated heterocycles. The summed E-state index contributed by atoms with van der Waals surface area (Å²) in [4.78, 5) is 4.81. The van der Waals surface area contributed by atoms with Crippen LogP contribution in [0.25, 0.3) is 11.1 Å². The van der Waals surface area contributed by atoms with E-state index in [-0.39, 0.29) is 11.7 Å². The van der Waals surface area contributed by atoms with Crippen LogP contribution in [0.5, 0.6) is 0 Å². The van der Waals surface area contributed by atoms with Gasteiger partial charge in [-0.3, -0.25) is 0 Å². The summed E-state index contributed by atoms with van der Waals surface area (Å²) in [5.74, 6) is -0.0285. The van der Waals surface area contributed by atoms with E-state index >= 15 is 0 Å². The first-order chi connectivity index (χ1) is 12.5. The lowest BCUT2D eigenvalue weighted by molar-refractivity contribution is 0.608. The van der Waals surface area contributed by atoms with Gasteiger partial charge in [-0.05, 0) is 65.8 Å². The van der Waals surface area contributed by atoms with Crippen LogP contribution in [0.1, 0.15) is 30.9 Å². The molecule has 2 aromatic rings. The Bertz CT molecular complexity index is 918. The second-order valence-electron chi connectivity index (χ2n) is 6.18. The summed E-state index contributed by atoms with van der Waals surface area (Å²) in [5.41, 5.74) is 9.58. The number of benzene rings is 2. The number of aliphatic imine (C=N–C) groups is 1. The molecule has 0 fully saturated rings. The minimum absolute atomic E-state index is 0.230. The second kappa shape index (κ2) is 8.11. The summed E-state index contributed by atoms with van der Waals surface area (Å²) >= 11 is 10.7. The molecule has 0 radical (unpaired) electrons. The van der Waals surface area contributed by atoms with Crippen molar-refractivity contribution in [3.63, 3.8) is 0 Å². The van der Waals surface area contributed by atoms with Gasteiger partial charge in [-0.15, -0.1) is 12.6 Å². The van der Waals surface area contributed by atoms with Gasteiger partial charge in [-0.2, -0.15) is 0 Å². The Labute approximate surface area is 163 Å². The second-order valence-corrected chi connectivity index (χ2v) is 7.09. The van der Waals surface area contributed by atoms with Gasteiger partial charge in [0.25, 0.3) is 0 Å². The third kappa shape index (κ3) is 3.71. The summed E-state index contributed by atoms with van der Waals surface area (Å²) in [6, 6.07) is 10.5. The molecule has 0 spiro atoms. The lowest BCUT2D eigenvalue weighted by Crippen LogP contribution is -2.09. The van der Waals surface area contributed by atoms with Crippen LogP contribution in [0.2, 0.25) is 5.02 Å². The summed E-state index contributed by atoms with van der Waals surface area (Å²) in [7, 11) is 0. The molecule has 0 aromatic heterocycles. The molecule has 3 rings (SSSR count). The van der Waals surface area contributed by atoms with Gasteiger partial charge in [-0.1, -0.05) is 36.7 Å². The minimum Gasteiger partial charge on any atom is -0.390 e. The van der Waals surface area contributed by atoms with Crippen LogP contribution < -0.4 is 5.73 Å². The molecule has 0 bridgehead atoms. The van der Waals surface area contributed by atoms with Crippen LogP contribution in [0.4, 0.5) is 10.1 Å². The SMILES string of the molecule is CCC1CC=CC(c2ccc(N=CN)c(S)c2)=C1c1cc(Cl)ccc1F. The average molecular weight is 387 g/mol. The zero-order valence-corrected chi connectivity index (χ0v) is 16.1. The van der Waals surface area contributed by atoms with E-state index in [1.165, 1.54) is 12.4 Å². The Hall–Kier alpha value is -2.04. The van der Waals surface area contributed by atoms with Crippen molar-refractivity contribution in [2.45, 2.75) is 24.7 Å². The minimum atomic E-state index is -0.258. The molecule has 0 saturated carbocycles. The molecule has 5 heteroatoms. The molecule has 0 heterocycles.